The lowest BCUT2D eigenvalue weighted by atomic mass is 10.1. The minimum atomic E-state index is 0.257. The molecule has 1 saturated heterocycles. The quantitative estimate of drug-likeness (QED) is 0.677. The normalized spacial score (nSPS) is 18.4. The number of ether oxygens (including phenoxy) is 1. The summed E-state index contributed by atoms with van der Waals surface area (Å²) in [4.78, 5) is 2.50. The van der Waals surface area contributed by atoms with Gasteiger partial charge in [-0.15, -0.1) is 0 Å². The van der Waals surface area contributed by atoms with Gasteiger partial charge in [0, 0.05) is 37.0 Å². The Morgan fingerprint density at radius 2 is 2.04 bits per heavy atom. The molecule has 27 heavy (non-hydrogen) atoms. The summed E-state index contributed by atoms with van der Waals surface area (Å²) in [7, 11) is 3.63. The topological polar surface area (TPSA) is 56.3 Å². The Kier molecular flexibility index (Phi) is 5.25. The van der Waals surface area contributed by atoms with Crippen LogP contribution in [-0.2, 0) is 13.6 Å². The Bertz CT molecular complexity index is 868. The van der Waals surface area contributed by atoms with E-state index in [1.165, 1.54) is 24.8 Å². The van der Waals surface area contributed by atoms with Crippen molar-refractivity contribution in [2.24, 2.45) is 7.05 Å². The molecule has 1 fully saturated rings. The minimum Gasteiger partial charge on any atom is -0.497 e. The van der Waals surface area contributed by atoms with Crippen LogP contribution in [0.25, 0.3) is 11.3 Å². The Labute approximate surface area is 159 Å². The fourth-order valence-corrected chi connectivity index (χ4v) is 3.81. The summed E-state index contributed by atoms with van der Waals surface area (Å²) in [6.07, 6.45) is 8.83. The summed E-state index contributed by atoms with van der Waals surface area (Å²) in [5.41, 5.74) is 3.15. The van der Waals surface area contributed by atoms with Gasteiger partial charge in [-0.05, 0) is 43.7 Å². The molecule has 6 heteroatoms. The fraction of sp³-hybridized carbons (Fsp3) is 0.429. The number of benzene rings is 1. The third-order valence-electron chi connectivity index (χ3n) is 5.25. The van der Waals surface area contributed by atoms with Gasteiger partial charge < -0.3 is 9.26 Å². The molecular formula is C21H26N4O2. The molecule has 0 radical (unpaired) electrons. The second-order valence-corrected chi connectivity index (χ2v) is 7.20. The molecule has 2 aromatic heterocycles. The highest BCUT2D eigenvalue weighted by atomic mass is 16.5. The number of rotatable bonds is 5. The maximum Gasteiger partial charge on any atom is 0.154 e. The number of methoxy groups -OCH3 is 1. The molecule has 0 saturated carbocycles. The molecule has 0 spiro atoms. The standard InChI is InChI=1S/C21H26N4O2/c1-24-14-16(13-22-24)15-25-11-5-3-4-6-20(25)21-12-19(23-27-21)17-7-9-18(26-2)10-8-17/h7-10,12-14,20H,3-6,11,15H2,1-2H3/t20-/m0/s1. The largest absolute Gasteiger partial charge is 0.497 e. The van der Waals surface area contributed by atoms with Crippen LogP contribution in [0, 0.1) is 0 Å². The zero-order valence-electron chi connectivity index (χ0n) is 16.0. The van der Waals surface area contributed by atoms with Gasteiger partial charge in [-0.3, -0.25) is 9.58 Å². The molecule has 0 bridgehead atoms. The Balaban J connectivity index is 1.56. The van der Waals surface area contributed by atoms with Crippen molar-refractivity contribution in [2.75, 3.05) is 13.7 Å². The molecular weight excluding hydrogens is 340 g/mol. The van der Waals surface area contributed by atoms with E-state index in [-0.39, 0.29) is 6.04 Å². The molecule has 0 amide bonds. The van der Waals surface area contributed by atoms with Crippen LogP contribution >= 0.6 is 0 Å². The molecule has 142 valence electrons. The smallest absolute Gasteiger partial charge is 0.154 e. The van der Waals surface area contributed by atoms with Crippen molar-refractivity contribution in [1.29, 1.82) is 0 Å². The maximum absolute atomic E-state index is 5.80. The zero-order chi connectivity index (χ0) is 18.6. The van der Waals surface area contributed by atoms with Crippen molar-refractivity contribution in [2.45, 2.75) is 38.3 Å². The summed E-state index contributed by atoms with van der Waals surface area (Å²) in [5, 5.41) is 8.64. The maximum atomic E-state index is 5.80. The Morgan fingerprint density at radius 3 is 2.78 bits per heavy atom. The fourth-order valence-electron chi connectivity index (χ4n) is 3.81. The molecule has 1 aliphatic rings. The number of aromatic nitrogens is 3. The van der Waals surface area contributed by atoms with E-state index in [0.717, 1.165) is 42.3 Å². The summed E-state index contributed by atoms with van der Waals surface area (Å²) < 4.78 is 12.9. The van der Waals surface area contributed by atoms with E-state index in [1.54, 1.807) is 7.11 Å². The van der Waals surface area contributed by atoms with Crippen molar-refractivity contribution in [1.82, 2.24) is 19.8 Å². The van der Waals surface area contributed by atoms with E-state index in [2.05, 4.69) is 27.4 Å². The first kappa shape index (κ1) is 17.8. The lowest BCUT2D eigenvalue weighted by Crippen LogP contribution is -2.27. The minimum absolute atomic E-state index is 0.257. The monoisotopic (exact) mass is 366 g/mol. The molecule has 4 rings (SSSR count). The van der Waals surface area contributed by atoms with Crippen molar-refractivity contribution < 1.29 is 9.26 Å². The number of hydrogen-bond donors (Lipinski definition) is 0. The first-order valence-corrected chi connectivity index (χ1v) is 9.55. The highest BCUT2D eigenvalue weighted by molar-refractivity contribution is 5.60. The van der Waals surface area contributed by atoms with Gasteiger partial charge in [-0.1, -0.05) is 18.0 Å². The number of hydrogen-bond acceptors (Lipinski definition) is 5. The van der Waals surface area contributed by atoms with Gasteiger partial charge in [0.2, 0.25) is 0 Å². The van der Waals surface area contributed by atoms with Crippen molar-refractivity contribution in [3.05, 3.63) is 54.0 Å². The third-order valence-corrected chi connectivity index (χ3v) is 5.25. The van der Waals surface area contributed by atoms with Crippen LogP contribution in [0.3, 0.4) is 0 Å². The van der Waals surface area contributed by atoms with Gasteiger partial charge in [-0.2, -0.15) is 5.10 Å². The number of likely N-dealkylation sites (tertiary alicyclic amines) is 1. The van der Waals surface area contributed by atoms with Crippen LogP contribution in [0.1, 0.15) is 43.0 Å². The Hall–Kier alpha value is -2.60. The van der Waals surface area contributed by atoms with Crippen LogP contribution in [0.15, 0.2) is 47.2 Å². The van der Waals surface area contributed by atoms with Crippen LogP contribution in [0.5, 0.6) is 5.75 Å². The van der Waals surface area contributed by atoms with Crippen LogP contribution in [-0.4, -0.2) is 33.5 Å². The van der Waals surface area contributed by atoms with E-state index in [4.69, 9.17) is 9.26 Å². The summed E-state index contributed by atoms with van der Waals surface area (Å²) >= 11 is 0. The SMILES string of the molecule is COc1ccc(-c2cc([C@@H]3CCCCCN3Cc3cnn(C)c3)on2)cc1. The number of nitrogens with zero attached hydrogens (tertiary/aromatic N) is 4. The zero-order valence-corrected chi connectivity index (χ0v) is 16.0. The van der Waals surface area contributed by atoms with Crippen molar-refractivity contribution in [3.8, 4) is 17.0 Å². The van der Waals surface area contributed by atoms with Gasteiger partial charge in [-0.25, -0.2) is 0 Å². The molecule has 0 aliphatic carbocycles. The summed E-state index contributed by atoms with van der Waals surface area (Å²) in [6, 6.07) is 10.3. The first-order chi connectivity index (χ1) is 13.2. The molecule has 0 N–H and O–H groups in total. The van der Waals surface area contributed by atoms with Gasteiger partial charge in [0.25, 0.3) is 0 Å². The van der Waals surface area contributed by atoms with Gasteiger partial charge in [0.05, 0.1) is 19.3 Å². The van der Waals surface area contributed by atoms with Crippen LogP contribution < -0.4 is 4.74 Å². The van der Waals surface area contributed by atoms with Crippen LogP contribution in [0.4, 0.5) is 0 Å². The van der Waals surface area contributed by atoms with E-state index < -0.39 is 0 Å². The van der Waals surface area contributed by atoms with E-state index >= 15 is 0 Å². The molecule has 0 unspecified atom stereocenters. The van der Waals surface area contributed by atoms with Gasteiger partial charge in [0.1, 0.15) is 11.4 Å². The predicted molar refractivity (Wildman–Crippen MR) is 103 cm³/mol. The lowest BCUT2D eigenvalue weighted by molar-refractivity contribution is 0.160. The molecule has 3 heterocycles. The van der Waals surface area contributed by atoms with E-state index in [1.807, 2.05) is 42.2 Å². The third kappa shape index (κ3) is 4.06. The van der Waals surface area contributed by atoms with E-state index in [9.17, 15) is 0 Å². The molecule has 6 nitrogen and oxygen atoms in total. The molecule has 1 atom stereocenters. The second-order valence-electron chi connectivity index (χ2n) is 7.20. The second kappa shape index (κ2) is 7.96. The van der Waals surface area contributed by atoms with Gasteiger partial charge in [0.15, 0.2) is 5.76 Å². The average Bonchev–Trinajstić information content (AvgIpc) is 3.27. The van der Waals surface area contributed by atoms with Crippen LogP contribution in [0.2, 0.25) is 0 Å². The average molecular weight is 366 g/mol. The highest BCUT2D eigenvalue weighted by Crippen LogP contribution is 2.33. The first-order valence-electron chi connectivity index (χ1n) is 9.55. The highest BCUT2D eigenvalue weighted by Gasteiger charge is 2.26. The summed E-state index contributed by atoms with van der Waals surface area (Å²) in [5.74, 6) is 1.79. The Morgan fingerprint density at radius 1 is 1.19 bits per heavy atom. The van der Waals surface area contributed by atoms with Crippen molar-refractivity contribution >= 4 is 0 Å². The predicted octanol–water partition coefficient (Wildman–Crippen LogP) is 4.20. The van der Waals surface area contributed by atoms with Gasteiger partial charge >= 0.3 is 0 Å². The van der Waals surface area contributed by atoms with E-state index in [0.29, 0.717) is 0 Å². The lowest BCUT2D eigenvalue weighted by Gasteiger charge is -2.27. The summed E-state index contributed by atoms with van der Waals surface area (Å²) in [6.45, 7) is 1.95. The molecule has 1 aliphatic heterocycles. The van der Waals surface area contributed by atoms with Crippen molar-refractivity contribution in [3.63, 3.8) is 0 Å². The molecule has 3 aromatic rings. The molecule has 1 aromatic carbocycles. The number of aryl methyl sites for hydroxylation is 1.